The fraction of sp³-hybridized carbons (Fsp3) is 0.400. The van der Waals surface area contributed by atoms with Gasteiger partial charge in [-0.3, -0.25) is 0 Å². The molecule has 23 heavy (non-hydrogen) atoms. The summed E-state index contributed by atoms with van der Waals surface area (Å²) in [6, 6.07) is 6.43. The predicted octanol–water partition coefficient (Wildman–Crippen LogP) is -1.04. The Morgan fingerprint density at radius 2 is 1.87 bits per heavy atom. The number of benzene rings is 1. The van der Waals surface area contributed by atoms with E-state index < -0.39 is 43.3 Å². The summed E-state index contributed by atoms with van der Waals surface area (Å²) in [6.07, 6.45) is -4.74. The molecule has 1 aliphatic rings. The monoisotopic (exact) mass is 326 g/mol. The Kier molecular flexibility index (Phi) is 5.69. The van der Waals surface area contributed by atoms with Gasteiger partial charge in [-0.2, -0.15) is 0 Å². The number of aliphatic hydroxyl groups excluding tert-OH is 4. The molecule has 1 heterocycles. The second kappa shape index (κ2) is 7.53. The Balaban J connectivity index is 2.19. The van der Waals surface area contributed by atoms with E-state index in [0.717, 1.165) is 6.08 Å². The summed E-state index contributed by atoms with van der Waals surface area (Å²) >= 11 is 0. The number of hydrogen-bond donors (Lipinski definition) is 5. The Bertz CT molecular complexity index is 570. The van der Waals surface area contributed by atoms with Crippen LogP contribution in [0.5, 0.6) is 5.75 Å². The lowest BCUT2D eigenvalue weighted by Gasteiger charge is -2.39. The van der Waals surface area contributed by atoms with Gasteiger partial charge in [0, 0.05) is 11.6 Å². The van der Waals surface area contributed by atoms with E-state index >= 15 is 0 Å². The van der Waals surface area contributed by atoms with Gasteiger partial charge in [-0.25, -0.2) is 4.79 Å². The number of rotatable bonds is 5. The molecule has 0 aromatic heterocycles. The smallest absolute Gasteiger partial charge is 0.328 e. The zero-order chi connectivity index (χ0) is 17.0. The second-order valence-electron chi connectivity index (χ2n) is 5.02. The average Bonchev–Trinajstić information content (AvgIpc) is 2.54. The molecule has 0 bridgehead atoms. The standard InChI is InChI=1S/C15H18O8/c16-7-10-12(19)13(20)14(21)15(23-10)22-9-4-2-1-3-8(9)5-6-11(17)18/h1-6,10,12-16,19-21H,7H2,(H,17,18)/b6-5-/t10?,12-,13?,14?,15?/m0/s1. The molecule has 0 radical (unpaired) electrons. The van der Waals surface area contributed by atoms with Crippen molar-refractivity contribution < 1.29 is 39.8 Å². The first kappa shape index (κ1) is 17.4. The average molecular weight is 326 g/mol. The molecule has 8 heteroatoms. The largest absolute Gasteiger partial charge is 0.478 e. The van der Waals surface area contributed by atoms with Crippen molar-refractivity contribution in [2.45, 2.75) is 30.7 Å². The number of ether oxygens (including phenoxy) is 2. The van der Waals surface area contributed by atoms with Gasteiger partial charge in [0.15, 0.2) is 0 Å². The Hall–Kier alpha value is -1.97. The molecule has 0 amide bonds. The van der Waals surface area contributed by atoms with Crippen LogP contribution in [-0.4, -0.2) is 68.8 Å². The van der Waals surface area contributed by atoms with E-state index in [1.54, 1.807) is 18.2 Å². The number of carbonyl (C=O) groups is 1. The van der Waals surface area contributed by atoms with Gasteiger partial charge < -0.3 is 35.0 Å². The number of carboxylic acids is 1. The van der Waals surface area contributed by atoms with Gasteiger partial charge in [0.1, 0.15) is 30.2 Å². The first-order chi connectivity index (χ1) is 10.9. The molecule has 0 saturated carbocycles. The van der Waals surface area contributed by atoms with Crippen LogP contribution in [0.25, 0.3) is 6.08 Å². The lowest BCUT2D eigenvalue weighted by atomic mass is 9.99. The van der Waals surface area contributed by atoms with Crippen LogP contribution in [0, 0.1) is 0 Å². The third-order valence-electron chi connectivity index (χ3n) is 3.42. The van der Waals surface area contributed by atoms with Crippen LogP contribution < -0.4 is 4.74 Å². The highest BCUT2D eigenvalue weighted by molar-refractivity contribution is 5.85. The van der Waals surface area contributed by atoms with Crippen molar-refractivity contribution in [3.05, 3.63) is 35.9 Å². The minimum atomic E-state index is -1.55. The molecule has 1 aliphatic heterocycles. The predicted molar refractivity (Wildman–Crippen MR) is 77.5 cm³/mol. The van der Waals surface area contributed by atoms with Gasteiger partial charge in [0.05, 0.1) is 6.61 Å². The van der Waals surface area contributed by atoms with E-state index in [-0.39, 0.29) is 5.75 Å². The molecule has 1 aromatic carbocycles. The highest BCUT2D eigenvalue weighted by Gasteiger charge is 2.44. The van der Waals surface area contributed by atoms with Gasteiger partial charge in [0.25, 0.3) is 0 Å². The molecule has 0 spiro atoms. The summed E-state index contributed by atoms with van der Waals surface area (Å²) in [5.41, 5.74) is 0.423. The van der Waals surface area contributed by atoms with Crippen LogP contribution in [0.1, 0.15) is 5.56 Å². The molecule has 1 saturated heterocycles. The quantitative estimate of drug-likeness (QED) is 0.433. The lowest BCUT2D eigenvalue weighted by molar-refractivity contribution is -0.277. The Morgan fingerprint density at radius 1 is 1.17 bits per heavy atom. The van der Waals surface area contributed by atoms with Gasteiger partial charge >= 0.3 is 5.97 Å². The minimum Gasteiger partial charge on any atom is -0.478 e. The van der Waals surface area contributed by atoms with Crippen LogP contribution in [0.4, 0.5) is 0 Å². The van der Waals surface area contributed by atoms with Crippen LogP contribution in [0.2, 0.25) is 0 Å². The van der Waals surface area contributed by atoms with Crippen molar-refractivity contribution in [3.63, 3.8) is 0 Å². The number of aliphatic hydroxyl groups is 4. The lowest BCUT2D eigenvalue weighted by Crippen LogP contribution is -2.60. The Labute approximate surface area is 131 Å². The van der Waals surface area contributed by atoms with E-state index in [4.69, 9.17) is 19.7 Å². The fourth-order valence-electron chi connectivity index (χ4n) is 2.18. The van der Waals surface area contributed by atoms with Gasteiger partial charge in [-0.15, -0.1) is 0 Å². The van der Waals surface area contributed by atoms with E-state index in [0.29, 0.717) is 5.56 Å². The molecule has 1 aromatic rings. The summed E-state index contributed by atoms with van der Waals surface area (Å²) in [5, 5.41) is 47.2. The molecule has 2 rings (SSSR count). The topological polar surface area (TPSA) is 137 Å². The van der Waals surface area contributed by atoms with Crippen LogP contribution in [-0.2, 0) is 9.53 Å². The van der Waals surface area contributed by atoms with Crippen molar-refractivity contribution in [1.29, 1.82) is 0 Å². The third-order valence-corrected chi connectivity index (χ3v) is 3.42. The molecule has 126 valence electrons. The maximum Gasteiger partial charge on any atom is 0.328 e. The number of hydrogen-bond acceptors (Lipinski definition) is 7. The second-order valence-corrected chi connectivity index (χ2v) is 5.02. The zero-order valence-electron chi connectivity index (χ0n) is 12.0. The molecular weight excluding hydrogens is 308 g/mol. The van der Waals surface area contributed by atoms with Gasteiger partial charge in [-0.1, -0.05) is 18.2 Å². The van der Waals surface area contributed by atoms with Crippen LogP contribution >= 0.6 is 0 Å². The van der Waals surface area contributed by atoms with Crippen molar-refractivity contribution in [1.82, 2.24) is 0 Å². The van der Waals surface area contributed by atoms with E-state index in [9.17, 15) is 20.1 Å². The number of aliphatic carboxylic acids is 1. The molecule has 5 N–H and O–H groups in total. The molecule has 0 aliphatic carbocycles. The Morgan fingerprint density at radius 3 is 2.52 bits per heavy atom. The zero-order valence-corrected chi connectivity index (χ0v) is 12.0. The SMILES string of the molecule is O=C(O)/C=C\c1ccccc1OC1OC(CO)[C@H](O)C(O)C1O. The molecular formula is C15H18O8. The first-order valence-corrected chi connectivity index (χ1v) is 6.91. The van der Waals surface area contributed by atoms with E-state index in [2.05, 4.69) is 0 Å². The first-order valence-electron chi connectivity index (χ1n) is 6.91. The minimum absolute atomic E-state index is 0.217. The molecule has 8 nitrogen and oxygen atoms in total. The van der Waals surface area contributed by atoms with E-state index in [1.807, 2.05) is 0 Å². The molecule has 4 unspecified atom stereocenters. The van der Waals surface area contributed by atoms with Crippen molar-refractivity contribution >= 4 is 12.0 Å². The normalized spacial score (nSPS) is 31.2. The summed E-state index contributed by atoms with van der Waals surface area (Å²) in [4.78, 5) is 10.6. The molecule has 5 atom stereocenters. The summed E-state index contributed by atoms with van der Waals surface area (Å²) < 4.78 is 10.7. The van der Waals surface area contributed by atoms with Crippen molar-refractivity contribution in [3.8, 4) is 5.75 Å². The maximum absolute atomic E-state index is 10.6. The third kappa shape index (κ3) is 4.06. The summed E-state index contributed by atoms with van der Waals surface area (Å²) in [7, 11) is 0. The highest BCUT2D eigenvalue weighted by atomic mass is 16.7. The number of carboxylic acid groups (broad SMARTS) is 1. The summed E-state index contributed by atoms with van der Waals surface area (Å²) in [6.45, 7) is -0.564. The van der Waals surface area contributed by atoms with Crippen LogP contribution in [0.3, 0.4) is 0 Å². The molecule has 1 fully saturated rings. The van der Waals surface area contributed by atoms with Gasteiger partial charge in [0.2, 0.25) is 6.29 Å². The highest BCUT2D eigenvalue weighted by Crippen LogP contribution is 2.27. The fourth-order valence-corrected chi connectivity index (χ4v) is 2.18. The number of para-hydroxylation sites is 1. The van der Waals surface area contributed by atoms with Gasteiger partial charge in [-0.05, 0) is 12.1 Å². The van der Waals surface area contributed by atoms with E-state index in [1.165, 1.54) is 12.1 Å². The van der Waals surface area contributed by atoms with Crippen molar-refractivity contribution in [2.75, 3.05) is 6.61 Å². The maximum atomic E-state index is 10.6. The summed E-state index contributed by atoms with van der Waals surface area (Å²) in [5.74, 6) is -0.915. The van der Waals surface area contributed by atoms with Crippen molar-refractivity contribution in [2.24, 2.45) is 0 Å². The van der Waals surface area contributed by atoms with Crippen LogP contribution in [0.15, 0.2) is 30.3 Å².